The molecule has 0 amide bonds. The maximum Gasteiger partial charge on any atom is 0.149 e. The van der Waals surface area contributed by atoms with Crippen LogP contribution in [0.4, 0.5) is 0 Å². The summed E-state index contributed by atoms with van der Waals surface area (Å²) in [7, 11) is 0. The third kappa shape index (κ3) is 3.20. The quantitative estimate of drug-likeness (QED) is 0.533. The minimum atomic E-state index is 0.828. The largest absolute Gasteiger partial charge is 0.298 e. The van der Waals surface area contributed by atoms with Crippen LogP contribution in [0.5, 0.6) is 0 Å². The molecule has 0 saturated carbocycles. The number of aromatic nitrogens is 3. The summed E-state index contributed by atoms with van der Waals surface area (Å²) in [5.74, 6) is 0.828. The summed E-state index contributed by atoms with van der Waals surface area (Å²) in [5, 5.41) is 1.19. The van der Waals surface area contributed by atoms with Crippen molar-refractivity contribution in [3.05, 3.63) is 57.7 Å². The Kier molecular flexibility index (Phi) is 5.23. The van der Waals surface area contributed by atoms with Crippen molar-refractivity contribution in [3.63, 3.8) is 0 Å². The van der Waals surface area contributed by atoms with Crippen LogP contribution in [0, 0.1) is 41.5 Å². The lowest BCUT2D eigenvalue weighted by Gasteiger charge is -2.16. The number of aryl methyl sites for hydroxylation is 5. The molecule has 0 radical (unpaired) electrons. The topological polar surface area (TPSA) is 30.7 Å². The second kappa shape index (κ2) is 7.30. The van der Waals surface area contributed by atoms with Gasteiger partial charge in [0.2, 0.25) is 0 Å². The molecule has 0 aliphatic carbocycles. The van der Waals surface area contributed by atoms with Crippen LogP contribution in [-0.4, -0.2) is 14.5 Å². The Morgan fingerprint density at radius 3 is 2.15 bits per heavy atom. The van der Waals surface area contributed by atoms with Gasteiger partial charge < -0.3 is 0 Å². The molecule has 0 atom stereocenters. The smallest absolute Gasteiger partial charge is 0.149 e. The molecule has 1 aromatic carbocycles. The van der Waals surface area contributed by atoms with E-state index >= 15 is 0 Å². The first-order valence-electron chi connectivity index (χ1n) is 9.93. The minimum Gasteiger partial charge on any atom is -0.298 e. The molecule has 2 aromatic heterocycles. The number of allylic oxidation sites excluding steroid dienone is 2. The molecule has 0 spiro atoms. The highest BCUT2D eigenvalue weighted by molar-refractivity contribution is 5.93. The van der Waals surface area contributed by atoms with Gasteiger partial charge in [-0.1, -0.05) is 37.6 Å². The monoisotopic (exact) mass is 361 g/mol. The SMILES string of the molecule is CCC=C(CC)c1nc(C)nc2c1c(C)c(C)n2-c1c(C)cc(C)cc1C. The number of nitrogens with zero attached hydrogens (tertiary/aromatic N) is 3. The van der Waals surface area contributed by atoms with Gasteiger partial charge in [0.1, 0.15) is 11.5 Å². The van der Waals surface area contributed by atoms with Crippen molar-refractivity contribution in [2.24, 2.45) is 0 Å². The molecule has 3 aromatic rings. The number of benzene rings is 1. The van der Waals surface area contributed by atoms with Gasteiger partial charge in [0.05, 0.1) is 11.4 Å². The summed E-state index contributed by atoms with van der Waals surface area (Å²) in [6, 6.07) is 4.51. The van der Waals surface area contributed by atoms with Crippen molar-refractivity contribution in [2.45, 2.75) is 68.2 Å². The second-order valence-electron chi connectivity index (χ2n) is 7.60. The van der Waals surface area contributed by atoms with Gasteiger partial charge in [-0.3, -0.25) is 4.57 Å². The van der Waals surface area contributed by atoms with Crippen LogP contribution in [0.2, 0.25) is 0 Å². The van der Waals surface area contributed by atoms with Crippen LogP contribution >= 0.6 is 0 Å². The summed E-state index contributed by atoms with van der Waals surface area (Å²) >= 11 is 0. The molecule has 3 heteroatoms. The van der Waals surface area contributed by atoms with E-state index in [1.54, 1.807) is 0 Å². The maximum atomic E-state index is 4.90. The molecule has 0 fully saturated rings. The van der Waals surface area contributed by atoms with E-state index in [4.69, 9.17) is 9.97 Å². The molecule has 0 N–H and O–H groups in total. The Bertz CT molecular complexity index is 1030. The molecule has 142 valence electrons. The van der Waals surface area contributed by atoms with Crippen LogP contribution in [0.1, 0.15) is 66.2 Å². The average Bonchev–Trinajstić information content (AvgIpc) is 2.83. The summed E-state index contributed by atoms with van der Waals surface area (Å²) in [4.78, 5) is 9.77. The van der Waals surface area contributed by atoms with E-state index in [2.05, 4.69) is 71.2 Å². The van der Waals surface area contributed by atoms with E-state index in [9.17, 15) is 0 Å². The Labute approximate surface area is 163 Å². The van der Waals surface area contributed by atoms with Gasteiger partial charge >= 0.3 is 0 Å². The molecule has 3 nitrogen and oxygen atoms in total. The van der Waals surface area contributed by atoms with Crippen LogP contribution < -0.4 is 0 Å². The maximum absolute atomic E-state index is 4.90. The fraction of sp³-hybridized carbons (Fsp3) is 0.417. The van der Waals surface area contributed by atoms with E-state index in [0.29, 0.717) is 0 Å². The third-order valence-corrected chi connectivity index (χ3v) is 5.46. The van der Waals surface area contributed by atoms with Gasteiger partial charge in [0.15, 0.2) is 0 Å². The lowest BCUT2D eigenvalue weighted by atomic mass is 10.0. The van der Waals surface area contributed by atoms with Gasteiger partial charge in [-0.25, -0.2) is 9.97 Å². The van der Waals surface area contributed by atoms with Crippen molar-refractivity contribution in [2.75, 3.05) is 0 Å². The van der Waals surface area contributed by atoms with Crippen LogP contribution in [0.15, 0.2) is 18.2 Å². The summed E-state index contributed by atoms with van der Waals surface area (Å²) in [6.07, 6.45) is 4.30. The number of fused-ring (bicyclic) bond motifs is 1. The van der Waals surface area contributed by atoms with E-state index in [1.807, 2.05) is 6.92 Å². The highest BCUT2D eigenvalue weighted by Gasteiger charge is 2.21. The third-order valence-electron chi connectivity index (χ3n) is 5.46. The second-order valence-corrected chi connectivity index (χ2v) is 7.60. The molecule has 0 saturated heterocycles. The summed E-state index contributed by atoms with van der Waals surface area (Å²) in [6.45, 7) is 17.3. The van der Waals surface area contributed by atoms with Gasteiger partial charge in [-0.15, -0.1) is 0 Å². The molecule has 0 bridgehead atoms. The first kappa shape index (κ1) is 19.3. The lowest BCUT2D eigenvalue weighted by Crippen LogP contribution is -2.05. The standard InChI is InChI=1S/C24H31N3/c1-9-11-20(10-2)22-21-17(6)18(7)27(24(21)26-19(8)25-22)23-15(4)12-14(3)13-16(23)5/h11-13H,9-10H2,1-8H3. The molecular weight excluding hydrogens is 330 g/mol. The zero-order chi connectivity index (χ0) is 19.9. The van der Waals surface area contributed by atoms with Crippen molar-refractivity contribution in [3.8, 4) is 5.69 Å². The lowest BCUT2D eigenvalue weighted by molar-refractivity contribution is 0.969. The van der Waals surface area contributed by atoms with Crippen LogP contribution in [-0.2, 0) is 0 Å². The molecule has 0 unspecified atom stereocenters. The predicted octanol–water partition coefficient (Wildman–Crippen LogP) is 6.47. The fourth-order valence-corrected chi connectivity index (χ4v) is 4.26. The van der Waals surface area contributed by atoms with Crippen molar-refractivity contribution in [1.29, 1.82) is 0 Å². The average molecular weight is 362 g/mol. The number of hydrogen-bond acceptors (Lipinski definition) is 2. The van der Waals surface area contributed by atoms with Gasteiger partial charge in [0.25, 0.3) is 0 Å². The van der Waals surface area contributed by atoms with Gasteiger partial charge in [-0.2, -0.15) is 0 Å². The number of rotatable bonds is 4. The molecule has 3 rings (SSSR count). The van der Waals surface area contributed by atoms with E-state index in [0.717, 1.165) is 30.0 Å². The van der Waals surface area contributed by atoms with Crippen LogP contribution in [0.25, 0.3) is 22.3 Å². The van der Waals surface area contributed by atoms with Crippen molar-refractivity contribution >= 4 is 16.6 Å². The predicted molar refractivity (Wildman–Crippen MR) is 116 cm³/mol. The first-order valence-corrected chi connectivity index (χ1v) is 9.93. The molecule has 27 heavy (non-hydrogen) atoms. The summed E-state index contributed by atoms with van der Waals surface area (Å²) in [5.41, 5.74) is 11.1. The van der Waals surface area contributed by atoms with Crippen molar-refractivity contribution < 1.29 is 0 Å². The van der Waals surface area contributed by atoms with Gasteiger partial charge in [0, 0.05) is 11.1 Å². The zero-order valence-electron chi connectivity index (χ0n) is 18.0. The Hall–Kier alpha value is -2.42. The Morgan fingerprint density at radius 2 is 1.59 bits per heavy atom. The van der Waals surface area contributed by atoms with E-state index in [-0.39, 0.29) is 0 Å². The normalized spacial score (nSPS) is 12.2. The highest BCUT2D eigenvalue weighted by Crippen LogP contribution is 2.35. The first-order chi connectivity index (χ1) is 12.8. The Morgan fingerprint density at radius 1 is 0.963 bits per heavy atom. The van der Waals surface area contributed by atoms with E-state index in [1.165, 1.54) is 44.6 Å². The molecule has 0 aliphatic rings. The minimum absolute atomic E-state index is 0.828. The highest BCUT2D eigenvalue weighted by atomic mass is 15.1. The Balaban J connectivity index is 2.47. The number of hydrogen-bond donors (Lipinski definition) is 0. The van der Waals surface area contributed by atoms with Crippen molar-refractivity contribution in [1.82, 2.24) is 14.5 Å². The molecule has 0 aliphatic heterocycles. The molecular formula is C24H31N3. The fourth-order valence-electron chi connectivity index (χ4n) is 4.26. The zero-order valence-corrected chi connectivity index (χ0v) is 18.0. The van der Waals surface area contributed by atoms with E-state index < -0.39 is 0 Å². The summed E-state index contributed by atoms with van der Waals surface area (Å²) < 4.78 is 2.34. The van der Waals surface area contributed by atoms with Crippen LogP contribution in [0.3, 0.4) is 0 Å². The molecule has 2 heterocycles. The van der Waals surface area contributed by atoms with Gasteiger partial charge in [-0.05, 0) is 76.6 Å².